The predicted molar refractivity (Wildman–Crippen MR) is 115 cm³/mol. The maximum atomic E-state index is 12.9. The zero-order chi connectivity index (χ0) is 21.3. The van der Waals surface area contributed by atoms with Crippen molar-refractivity contribution in [1.29, 1.82) is 0 Å². The third-order valence-electron chi connectivity index (χ3n) is 5.32. The first-order valence-corrected chi connectivity index (χ1v) is 10.3. The number of fused-ring (bicyclic) bond motifs is 1. The van der Waals surface area contributed by atoms with E-state index in [0.717, 1.165) is 5.56 Å². The highest BCUT2D eigenvalue weighted by atomic mass is 35.5. The Morgan fingerprint density at radius 3 is 2.47 bits per heavy atom. The second kappa shape index (κ2) is 8.53. The lowest BCUT2D eigenvalue weighted by atomic mass is 10.0. The van der Waals surface area contributed by atoms with Crippen LogP contribution in [-0.2, 0) is 16.0 Å². The quantitative estimate of drug-likeness (QED) is 0.674. The molecule has 9 heteroatoms. The highest BCUT2D eigenvalue weighted by molar-refractivity contribution is 6.39. The minimum absolute atomic E-state index is 0.137. The van der Waals surface area contributed by atoms with Gasteiger partial charge in [-0.05, 0) is 24.1 Å². The number of carbonyl (C=O) groups is 3. The van der Waals surface area contributed by atoms with Crippen molar-refractivity contribution in [2.24, 2.45) is 0 Å². The number of hydrogen-bond donors (Lipinski definition) is 3. The Bertz CT molecular complexity index is 965. The molecule has 4 rings (SSSR count). The number of para-hydroxylation sites is 1. The molecule has 2 fully saturated rings. The molecule has 2 aromatic carbocycles. The fourth-order valence-electron chi connectivity index (χ4n) is 3.90. The molecule has 2 aliphatic heterocycles. The van der Waals surface area contributed by atoms with E-state index in [9.17, 15) is 14.4 Å². The Kier molecular flexibility index (Phi) is 5.83. The van der Waals surface area contributed by atoms with Crippen molar-refractivity contribution in [2.75, 3.05) is 11.9 Å². The van der Waals surface area contributed by atoms with E-state index in [0.29, 0.717) is 28.6 Å². The number of rotatable bonds is 4. The van der Waals surface area contributed by atoms with Gasteiger partial charge in [0.15, 0.2) is 0 Å². The Labute approximate surface area is 183 Å². The first-order chi connectivity index (χ1) is 14.4. The van der Waals surface area contributed by atoms with Crippen LogP contribution in [-0.4, -0.2) is 47.4 Å². The molecule has 2 aromatic rings. The molecule has 0 unspecified atom stereocenters. The van der Waals surface area contributed by atoms with Crippen molar-refractivity contribution in [3.8, 4) is 0 Å². The summed E-state index contributed by atoms with van der Waals surface area (Å²) in [4.78, 5) is 39.4. The van der Waals surface area contributed by atoms with Crippen molar-refractivity contribution in [1.82, 2.24) is 15.5 Å². The van der Waals surface area contributed by atoms with Gasteiger partial charge >= 0.3 is 6.03 Å². The smallest absolute Gasteiger partial charge is 0.319 e. The Balaban J connectivity index is 1.39. The SMILES string of the molecule is O=C(Nc1c(Cl)cccc1Cl)N[C@H]1C[C@H]2C(=O)N[C@@H](Cc3ccccc3)C(=O)N2C1. The highest BCUT2D eigenvalue weighted by Gasteiger charge is 2.46. The van der Waals surface area contributed by atoms with Gasteiger partial charge in [0.1, 0.15) is 12.1 Å². The molecule has 0 bridgehead atoms. The number of urea groups is 1. The van der Waals surface area contributed by atoms with Crippen LogP contribution >= 0.6 is 23.2 Å². The number of halogens is 2. The summed E-state index contributed by atoms with van der Waals surface area (Å²) in [5.74, 6) is -0.336. The number of anilines is 1. The van der Waals surface area contributed by atoms with E-state index in [2.05, 4.69) is 16.0 Å². The van der Waals surface area contributed by atoms with Crippen molar-refractivity contribution in [3.63, 3.8) is 0 Å². The van der Waals surface area contributed by atoms with Crippen molar-refractivity contribution in [3.05, 3.63) is 64.1 Å². The molecule has 0 saturated carbocycles. The second-order valence-electron chi connectivity index (χ2n) is 7.39. The summed E-state index contributed by atoms with van der Waals surface area (Å²) in [5.41, 5.74) is 1.28. The number of benzene rings is 2. The number of piperazine rings is 1. The fraction of sp³-hybridized carbons (Fsp3) is 0.286. The summed E-state index contributed by atoms with van der Waals surface area (Å²) in [6.45, 7) is 0.270. The van der Waals surface area contributed by atoms with Crippen LogP contribution in [0.15, 0.2) is 48.5 Å². The van der Waals surface area contributed by atoms with E-state index < -0.39 is 18.1 Å². The zero-order valence-corrected chi connectivity index (χ0v) is 17.4. The molecule has 0 spiro atoms. The molecule has 0 aromatic heterocycles. The molecule has 0 aliphatic carbocycles. The van der Waals surface area contributed by atoms with Crippen LogP contribution in [0.25, 0.3) is 0 Å². The lowest BCUT2D eigenvalue weighted by Crippen LogP contribution is -2.61. The number of carbonyl (C=O) groups excluding carboxylic acids is 3. The van der Waals surface area contributed by atoms with Gasteiger partial charge in [-0.1, -0.05) is 59.6 Å². The van der Waals surface area contributed by atoms with Gasteiger partial charge in [0.05, 0.1) is 21.8 Å². The molecule has 30 heavy (non-hydrogen) atoms. The maximum absolute atomic E-state index is 12.9. The number of nitrogens with zero attached hydrogens (tertiary/aromatic N) is 1. The molecule has 156 valence electrons. The molecule has 0 radical (unpaired) electrons. The molecule has 2 aliphatic rings. The van der Waals surface area contributed by atoms with Crippen LogP contribution < -0.4 is 16.0 Å². The van der Waals surface area contributed by atoms with E-state index in [1.54, 1.807) is 23.1 Å². The van der Waals surface area contributed by atoms with E-state index in [4.69, 9.17) is 23.2 Å². The lowest BCUT2D eigenvalue weighted by Gasteiger charge is -2.34. The van der Waals surface area contributed by atoms with E-state index in [1.165, 1.54) is 0 Å². The van der Waals surface area contributed by atoms with Crippen LogP contribution in [0.3, 0.4) is 0 Å². The number of amides is 4. The minimum Gasteiger partial charge on any atom is -0.342 e. The molecule has 3 N–H and O–H groups in total. The highest BCUT2D eigenvalue weighted by Crippen LogP contribution is 2.30. The van der Waals surface area contributed by atoms with Gasteiger partial charge in [0, 0.05) is 13.0 Å². The molecular weight excluding hydrogens is 427 g/mol. The maximum Gasteiger partial charge on any atom is 0.319 e. The fourth-order valence-corrected chi connectivity index (χ4v) is 4.39. The topological polar surface area (TPSA) is 90.5 Å². The average molecular weight is 447 g/mol. The Morgan fingerprint density at radius 1 is 1.07 bits per heavy atom. The average Bonchev–Trinajstić information content (AvgIpc) is 3.14. The van der Waals surface area contributed by atoms with Crippen LogP contribution in [0.5, 0.6) is 0 Å². The molecule has 7 nitrogen and oxygen atoms in total. The van der Waals surface area contributed by atoms with Gasteiger partial charge in [-0.15, -0.1) is 0 Å². The molecule has 2 heterocycles. The van der Waals surface area contributed by atoms with Crippen molar-refractivity contribution < 1.29 is 14.4 Å². The van der Waals surface area contributed by atoms with Crippen LogP contribution in [0.4, 0.5) is 10.5 Å². The lowest BCUT2D eigenvalue weighted by molar-refractivity contribution is -0.147. The summed E-state index contributed by atoms with van der Waals surface area (Å²) in [6.07, 6.45) is 0.775. The number of hydrogen-bond acceptors (Lipinski definition) is 3. The normalized spacial score (nSPS) is 23.0. The second-order valence-corrected chi connectivity index (χ2v) is 8.20. The zero-order valence-electron chi connectivity index (χ0n) is 15.9. The largest absolute Gasteiger partial charge is 0.342 e. The van der Waals surface area contributed by atoms with Gasteiger partial charge in [0.25, 0.3) is 0 Å². The summed E-state index contributed by atoms with van der Waals surface area (Å²) in [5, 5.41) is 8.90. The minimum atomic E-state index is -0.606. The summed E-state index contributed by atoms with van der Waals surface area (Å²) >= 11 is 12.2. The van der Waals surface area contributed by atoms with Gasteiger partial charge in [-0.25, -0.2) is 4.79 Å². The number of nitrogens with one attached hydrogen (secondary N) is 3. The summed E-state index contributed by atoms with van der Waals surface area (Å²) < 4.78 is 0. The van der Waals surface area contributed by atoms with Gasteiger partial charge < -0.3 is 20.9 Å². The predicted octanol–water partition coefficient (Wildman–Crippen LogP) is 2.83. The van der Waals surface area contributed by atoms with Crippen LogP contribution in [0, 0.1) is 0 Å². The van der Waals surface area contributed by atoms with E-state index >= 15 is 0 Å². The summed E-state index contributed by atoms with van der Waals surface area (Å²) in [6, 6.07) is 12.4. The Hall–Kier alpha value is -2.77. The van der Waals surface area contributed by atoms with Gasteiger partial charge in [0.2, 0.25) is 11.8 Å². The van der Waals surface area contributed by atoms with E-state index in [1.807, 2.05) is 30.3 Å². The summed E-state index contributed by atoms with van der Waals surface area (Å²) in [7, 11) is 0. The molecule has 4 amide bonds. The van der Waals surface area contributed by atoms with Crippen LogP contribution in [0.2, 0.25) is 10.0 Å². The van der Waals surface area contributed by atoms with Crippen molar-refractivity contribution >= 4 is 46.7 Å². The molecular formula is C21H20Cl2N4O3. The third-order valence-corrected chi connectivity index (χ3v) is 5.95. The standard InChI is InChI=1S/C21H20Cl2N4O3/c22-14-7-4-8-15(23)18(14)26-21(30)24-13-10-17-19(28)25-16(20(29)27(17)11-13)9-12-5-2-1-3-6-12/h1-8,13,16-17H,9-11H2,(H,25,28)(H2,24,26,30)/t13-,16-,17-/m0/s1. The monoisotopic (exact) mass is 446 g/mol. The van der Waals surface area contributed by atoms with Gasteiger partial charge in [-0.2, -0.15) is 0 Å². The van der Waals surface area contributed by atoms with Crippen LogP contribution in [0.1, 0.15) is 12.0 Å². The third kappa shape index (κ3) is 4.22. The first kappa shape index (κ1) is 20.5. The van der Waals surface area contributed by atoms with Gasteiger partial charge in [-0.3, -0.25) is 9.59 Å². The van der Waals surface area contributed by atoms with Crippen molar-refractivity contribution in [2.45, 2.75) is 31.0 Å². The Morgan fingerprint density at radius 2 is 1.77 bits per heavy atom. The molecule has 2 saturated heterocycles. The molecule has 3 atom stereocenters. The van der Waals surface area contributed by atoms with E-state index in [-0.39, 0.29) is 24.4 Å². The first-order valence-electron chi connectivity index (χ1n) is 9.58.